The van der Waals surface area contributed by atoms with Gasteiger partial charge in [0.05, 0.1) is 17.7 Å². The van der Waals surface area contributed by atoms with E-state index in [-0.39, 0.29) is 29.5 Å². The van der Waals surface area contributed by atoms with Gasteiger partial charge in [-0.3, -0.25) is 13.9 Å². The molecule has 0 aliphatic rings. The summed E-state index contributed by atoms with van der Waals surface area (Å²) in [4.78, 5) is 28.7. The number of benzene rings is 3. The average Bonchev–Trinajstić information content (AvgIpc) is 2.92. The van der Waals surface area contributed by atoms with Crippen LogP contribution in [-0.4, -0.2) is 50.4 Å². The quantitative estimate of drug-likeness (QED) is 0.360. The first-order chi connectivity index (χ1) is 18.9. The number of amides is 2. The average molecular weight is 570 g/mol. The number of methoxy groups -OCH3 is 1. The number of anilines is 1. The molecule has 0 bridgehead atoms. The van der Waals surface area contributed by atoms with Gasteiger partial charge in [-0.15, -0.1) is 0 Å². The van der Waals surface area contributed by atoms with Crippen LogP contribution in [0.1, 0.15) is 39.7 Å². The summed E-state index contributed by atoms with van der Waals surface area (Å²) in [5.41, 5.74) is 0.298. The van der Waals surface area contributed by atoms with Crippen molar-refractivity contribution in [2.24, 2.45) is 0 Å². The Bertz CT molecular complexity index is 1390. The Labute approximate surface area is 235 Å². The maximum Gasteiger partial charge on any atom is 0.264 e. The van der Waals surface area contributed by atoms with Crippen LogP contribution in [0.15, 0.2) is 83.8 Å². The lowest BCUT2D eigenvalue weighted by Gasteiger charge is -2.34. The third kappa shape index (κ3) is 7.81. The van der Waals surface area contributed by atoms with E-state index in [2.05, 4.69) is 5.32 Å². The molecule has 214 valence electrons. The standard InChI is InChI=1S/C30H36FN3O5S/c1-6-27(29(36)32-30(2,3)4)33(20-22-12-14-23(31)15-13-22)28(35)21-34(24-16-18-25(39-5)19-17-24)40(37,38)26-10-8-7-9-11-26/h7-19,27H,6,20-21H2,1-5H3,(H,32,36)/t27-/m0/s1. The first-order valence-electron chi connectivity index (χ1n) is 12.9. The van der Waals surface area contributed by atoms with E-state index < -0.39 is 39.9 Å². The zero-order valence-electron chi connectivity index (χ0n) is 23.4. The number of carbonyl (C=O) groups excluding carboxylic acids is 2. The molecule has 0 saturated heterocycles. The molecule has 0 spiro atoms. The SMILES string of the molecule is CC[C@@H](C(=O)NC(C)(C)C)N(Cc1ccc(F)cc1)C(=O)CN(c1ccc(OC)cc1)S(=O)(=O)c1ccccc1. The number of hydrogen-bond donors (Lipinski definition) is 1. The Morgan fingerprint density at radius 1 is 0.950 bits per heavy atom. The summed E-state index contributed by atoms with van der Waals surface area (Å²) in [5.74, 6) is -0.864. The van der Waals surface area contributed by atoms with Gasteiger partial charge in [0.2, 0.25) is 11.8 Å². The number of nitrogens with zero attached hydrogens (tertiary/aromatic N) is 2. The topological polar surface area (TPSA) is 96.0 Å². The highest BCUT2D eigenvalue weighted by Crippen LogP contribution is 2.27. The minimum absolute atomic E-state index is 0.0150. The fraction of sp³-hybridized carbons (Fsp3) is 0.333. The molecule has 8 nitrogen and oxygen atoms in total. The largest absolute Gasteiger partial charge is 0.497 e. The summed E-state index contributed by atoms with van der Waals surface area (Å²) in [7, 11) is -2.67. The Kier molecular flexibility index (Phi) is 9.92. The molecule has 0 saturated carbocycles. The first-order valence-corrected chi connectivity index (χ1v) is 14.4. The lowest BCUT2D eigenvalue weighted by atomic mass is 10.1. The highest BCUT2D eigenvalue weighted by atomic mass is 32.2. The highest BCUT2D eigenvalue weighted by molar-refractivity contribution is 7.92. The maximum atomic E-state index is 14.0. The second-order valence-electron chi connectivity index (χ2n) is 10.3. The molecule has 0 heterocycles. The number of rotatable bonds is 11. The molecule has 1 N–H and O–H groups in total. The van der Waals surface area contributed by atoms with E-state index >= 15 is 0 Å². The normalized spacial score (nSPS) is 12.3. The number of nitrogens with one attached hydrogen (secondary N) is 1. The molecule has 40 heavy (non-hydrogen) atoms. The van der Waals surface area contributed by atoms with Crippen molar-refractivity contribution in [3.8, 4) is 5.75 Å². The Morgan fingerprint density at radius 3 is 2.08 bits per heavy atom. The third-order valence-electron chi connectivity index (χ3n) is 6.12. The van der Waals surface area contributed by atoms with Crippen LogP contribution < -0.4 is 14.4 Å². The van der Waals surface area contributed by atoms with Crippen LogP contribution in [0.3, 0.4) is 0 Å². The molecule has 0 aromatic heterocycles. The van der Waals surface area contributed by atoms with Gasteiger partial charge in [-0.05, 0) is 81.3 Å². The fourth-order valence-corrected chi connectivity index (χ4v) is 5.59. The van der Waals surface area contributed by atoms with Gasteiger partial charge in [-0.1, -0.05) is 37.3 Å². The predicted molar refractivity (Wildman–Crippen MR) is 153 cm³/mol. The van der Waals surface area contributed by atoms with Crippen LogP contribution in [0.5, 0.6) is 5.75 Å². The Balaban J connectivity index is 2.06. The van der Waals surface area contributed by atoms with Gasteiger partial charge in [0.15, 0.2) is 0 Å². The Morgan fingerprint density at radius 2 is 1.55 bits per heavy atom. The van der Waals surface area contributed by atoms with E-state index in [9.17, 15) is 22.4 Å². The molecule has 0 unspecified atom stereocenters. The van der Waals surface area contributed by atoms with Crippen LogP contribution >= 0.6 is 0 Å². The minimum Gasteiger partial charge on any atom is -0.497 e. The number of halogens is 1. The number of hydrogen-bond acceptors (Lipinski definition) is 5. The van der Waals surface area contributed by atoms with Crippen LogP contribution in [-0.2, 0) is 26.2 Å². The van der Waals surface area contributed by atoms with Crippen LogP contribution in [0.25, 0.3) is 0 Å². The zero-order chi connectivity index (χ0) is 29.5. The lowest BCUT2D eigenvalue weighted by Crippen LogP contribution is -2.55. The van der Waals surface area contributed by atoms with Crippen molar-refractivity contribution in [3.05, 3.63) is 90.2 Å². The molecule has 3 aromatic rings. The van der Waals surface area contributed by atoms with Crippen molar-refractivity contribution in [1.82, 2.24) is 10.2 Å². The van der Waals surface area contributed by atoms with Crippen molar-refractivity contribution >= 4 is 27.5 Å². The van der Waals surface area contributed by atoms with Crippen molar-refractivity contribution in [2.75, 3.05) is 18.0 Å². The van der Waals surface area contributed by atoms with E-state index in [0.29, 0.717) is 11.3 Å². The molecular formula is C30H36FN3O5S. The van der Waals surface area contributed by atoms with Gasteiger partial charge in [0.25, 0.3) is 10.0 Å². The minimum atomic E-state index is -4.17. The molecule has 10 heteroatoms. The summed E-state index contributed by atoms with van der Waals surface area (Å²) in [6, 6.07) is 18.9. The van der Waals surface area contributed by atoms with Gasteiger partial charge in [0.1, 0.15) is 24.2 Å². The van der Waals surface area contributed by atoms with Crippen molar-refractivity contribution in [2.45, 2.75) is 57.1 Å². The van der Waals surface area contributed by atoms with Crippen molar-refractivity contribution in [3.63, 3.8) is 0 Å². The monoisotopic (exact) mass is 569 g/mol. The van der Waals surface area contributed by atoms with Gasteiger partial charge >= 0.3 is 0 Å². The van der Waals surface area contributed by atoms with Gasteiger partial charge in [0, 0.05) is 12.1 Å². The van der Waals surface area contributed by atoms with Gasteiger partial charge in [-0.2, -0.15) is 0 Å². The first kappa shape index (κ1) is 30.6. The van der Waals surface area contributed by atoms with E-state index in [1.165, 1.54) is 48.4 Å². The second kappa shape index (κ2) is 13.0. The van der Waals surface area contributed by atoms with E-state index in [1.54, 1.807) is 49.4 Å². The molecule has 1 atom stereocenters. The van der Waals surface area contributed by atoms with Crippen LogP contribution in [0.4, 0.5) is 10.1 Å². The van der Waals surface area contributed by atoms with Crippen molar-refractivity contribution in [1.29, 1.82) is 0 Å². The number of carbonyl (C=O) groups is 2. The number of sulfonamides is 1. The third-order valence-corrected chi connectivity index (χ3v) is 7.91. The van der Waals surface area contributed by atoms with E-state index in [1.807, 2.05) is 20.8 Å². The number of ether oxygens (including phenoxy) is 1. The van der Waals surface area contributed by atoms with Crippen LogP contribution in [0, 0.1) is 5.82 Å². The molecule has 0 radical (unpaired) electrons. The van der Waals surface area contributed by atoms with Crippen LogP contribution in [0.2, 0.25) is 0 Å². The second-order valence-corrected chi connectivity index (χ2v) is 12.2. The molecule has 0 aliphatic carbocycles. The zero-order valence-corrected chi connectivity index (χ0v) is 24.2. The summed E-state index contributed by atoms with van der Waals surface area (Å²) in [5, 5.41) is 2.92. The Hall–Kier alpha value is -3.92. The predicted octanol–water partition coefficient (Wildman–Crippen LogP) is 4.75. The summed E-state index contributed by atoms with van der Waals surface area (Å²) in [6.45, 7) is 6.70. The fourth-order valence-electron chi connectivity index (χ4n) is 4.16. The van der Waals surface area contributed by atoms with Gasteiger partial charge < -0.3 is 15.0 Å². The molecule has 3 aromatic carbocycles. The summed E-state index contributed by atoms with van der Waals surface area (Å²) in [6.07, 6.45) is 0.281. The molecule has 3 rings (SSSR count). The smallest absolute Gasteiger partial charge is 0.264 e. The molecule has 0 fully saturated rings. The summed E-state index contributed by atoms with van der Waals surface area (Å²) >= 11 is 0. The molecule has 2 amide bonds. The molecular weight excluding hydrogens is 533 g/mol. The summed E-state index contributed by atoms with van der Waals surface area (Å²) < 4.78 is 47.4. The highest BCUT2D eigenvalue weighted by Gasteiger charge is 2.34. The van der Waals surface area contributed by atoms with Gasteiger partial charge in [-0.25, -0.2) is 12.8 Å². The van der Waals surface area contributed by atoms with E-state index in [0.717, 1.165) is 4.31 Å². The van der Waals surface area contributed by atoms with Crippen molar-refractivity contribution < 1.29 is 27.1 Å². The van der Waals surface area contributed by atoms with E-state index in [4.69, 9.17) is 4.74 Å². The molecule has 0 aliphatic heterocycles. The lowest BCUT2D eigenvalue weighted by molar-refractivity contribution is -0.141. The maximum absolute atomic E-state index is 14.0.